The number of amides is 2. The second kappa shape index (κ2) is 7.09. The molecule has 0 radical (unpaired) electrons. The molecule has 0 unspecified atom stereocenters. The molecule has 1 saturated heterocycles. The zero-order chi connectivity index (χ0) is 18.1. The minimum absolute atomic E-state index is 0.0444. The second-order valence-corrected chi connectivity index (χ2v) is 7.68. The van der Waals surface area contributed by atoms with Gasteiger partial charge in [-0.3, -0.25) is 0 Å². The number of carbonyl (C=O) groups excluding carboxylic acids is 1. The largest absolute Gasteiger partial charge is 0.336 e. The van der Waals surface area contributed by atoms with E-state index < -0.39 is 0 Å². The maximum absolute atomic E-state index is 12.2. The molecular weight excluding hydrogens is 330 g/mol. The maximum atomic E-state index is 12.2. The van der Waals surface area contributed by atoms with E-state index in [4.69, 9.17) is 0 Å². The summed E-state index contributed by atoms with van der Waals surface area (Å²) in [6, 6.07) is 0.757. The van der Waals surface area contributed by atoms with E-state index in [2.05, 4.69) is 25.1 Å². The van der Waals surface area contributed by atoms with Gasteiger partial charge in [0, 0.05) is 43.5 Å². The van der Waals surface area contributed by atoms with Gasteiger partial charge < -0.3 is 19.4 Å². The second-order valence-electron chi connectivity index (χ2n) is 7.68. The number of imidazole rings is 1. The van der Waals surface area contributed by atoms with Crippen molar-refractivity contribution >= 4 is 6.03 Å². The van der Waals surface area contributed by atoms with Gasteiger partial charge in [-0.2, -0.15) is 0 Å². The predicted octanol–water partition coefficient (Wildman–Crippen LogP) is 2.16. The van der Waals surface area contributed by atoms with Crippen LogP contribution >= 0.6 is 0 Å². The van der Waals surface area contributed by atoms with Crippen LogP contribution in [-0.4, -0.2) is 54.4 Å². The number of hydrogen-bond acceptors (Lipinski definition) is 4. The summed E-state index contributed by atoms with van der Waals surface area (Å²) in [6.45, 7) is 6.24. The van der Waals surface area contributed by atoms with E-state index in [0.717, 1.165) is 37.6 Å². The number of nitrogens with one attached hydrogen (secondary N) is 1. The third-order valence-electron chi connectivity index (χ3n) is 5.15. The van der Waals surface area contributed by atoms with Crippen molar-refractivity contribution in [2.24, 2.45) is 0 Å². The highest BCUT2D eigenvalue weighted by atomic mass is 16.2. The highest BCUT2D eigenvalue weighted by Gasteiger charge is 2.34. The molecule has 0 aromatic carbocycles. The Morgan fingerprint density at radius 3 is 2.62 bits per heavy atom. The average Bonchev–Trinajstić information content (AvgIpc) is 3.16. The minimum atomic E-state index is 0.0444. The van der Waals surface area contributed by atoms with Crippen LogP contribution < -0.4 is 5.32 Å². The molecule has 2 fully saturated rings. The summed E-state index contributed by atoms with van der Waals surface area (Å²) in [5, 5.41) is 12.0. The van der Waals surface area contributed by atoms with Crippen molar-refractivity contribution in [3.63, 3.8) is 0 Å². The molecule has 8 nitrogen and oxygen atoms in total. The molecule has 2 aromatic rings. The van der Waals surface area contributed by atoms with Crippen molar-refractivity contribution in [2.45, 2.75) is 64.1 Å². The van der Waals surface area contributed by atoms with Gasteiger partial charge >= 0.3 is 6.03 Å². The minimum Gasteiger partial charge on any atom is -0.336 e. The molecule has 8 heteroatoms. The zero-order valence-electron chi connectivity index (χ0n) is 15.5. The summed E-state index contributed by atoms with van der Waals surface area (Å²) in [6.07, 6.45) is 9.86. The van der Waals surface area contributed by atoms with E-state index in [1.165, 1.54) is 12.8 Å². The van der Waals surface area contributed by atoms with Gasteiger partial charge in [0.1, 0.15) is 5.82 Å². The maximum Gasteiger partial charge on any atom is 0.317 e. The van der Waals surface area contributed by atoms with E-state index in [-0.39, 0.29) is 12.1 Å². The van der Waals surface area contributed by atoms with Crippen LogP contribution in [0.1, 0.15) is 63.1 Å². The Balaban J connectivity index is 1.45. The summed E-state index contributed by atoms with van der Waals surface area (Å²) in [5.41, 5.74) is 0. The van der Waals surface area contributed by atoms with Crippen molar-refractivity contribution in [1.82, 2.24) is 34.5 Å². The summed E-state index contributed by atoms with van der Waals surface area (Å²) in [7, 11) is 0. The van der Waals surface area contributed by atoms with Gasteiger partial charge in [-0.25, -0.2) is 9.78 Å². The Kier molecular flexibility index (Phi) is 4.65. The van der Waals surface area contributed by atoms with Crippen molar-refractivity contribution in [3.05, 3.63) is 30.4 Å². The first-order chi connectivity index (χ1) is 12.6. The van der Waals surface area contributed by atoms with Gasteiger partial charge in [-0.1, -0.05) is 0 Å². The molecule has 1 aliphatic heterocycles. The Morgan fingerprint density at radius 2 is 2.00 bits per heavy atom. The average molecular weight is 357 g/mol. The van der Waals surface area contributed by atoms with E-state index >= 15 is 0 Å². The number of rotatable bonds is 5. The van der Waals surface area contributed by atoms with Crippen LogP contribution in [0, 0.1) is 0 Å². The Labute approximate surface area is 153 Å². The number of carbonyl (C=O) groups is 1. The number of likely N-dealkylation sites (tertiary alicyclic amines) is 1. The van der Waals surface area contributed by atoms with Crippen LogP contribution in [-0.2, 0) is 6.54 Å². The van der Waals surface area contributed by atoms with Crippen LogP contribution in [0.5, 0.6) is 0 Å². The fourth-order valence-electron chi connectivity index (χ4n) is 3.68. The molecule has 0 spiro atoms. The van der Waals surface area contributed by atoms with Crippen LogP contribution in [0.25, 0.3) is 0 Å². The molecule has 2 aromatic heterocycles. The van der Waals surface area contributed by atoms with Gasteiger partial charge in [0.2, 0.25) is 0 Å². The van der Waals surface area contributed by atoms with Gasteiger partial charge in [0.25, 0.3) is 0 Å². The first-order valence-corrected chi connectivity index (χ1v) is 9.56. The quantitative estimate of drug-likeness (QED) is 0.889. The molecule has 140 valence electrons. The first-order valence-electron chi connectivity index (χ1n) is 9.56. The molecule has 3 heterocycles. The topological polar surface area (TPSA) is 80.9 Å². The van der Waals surface area contributed by atoms with Crippen LogP contribution in [0.4, 0.5) is 4.79 Å². The lowest BCUT2D eigenvalue weighted by molar-refractivity contribution is 0.177. The third kappa shape index (κ3) is 3.59. The zero-order valence-corrected chi connectivity index (χ0v) is 15.5. The van der Waals surface area contributed by atoms with Crippen molar-refractivity contribution in [1.29, 1.82) is 0 Å². The summed E-state index contributed by atoms with van der Waals surface area (Å²) >= 11 is 0. The van der Waals surface area contributed by atoms with E-state index in [9.17, 15) is 4.79 Å². The van der Waals surface area contributed by atoms with Crippen LogP contribution in [0.2, 0.25) is 0 Å². The monoisotopic (exact) mass is 357 g/mol. The van der Waals surface area contributed by atoms with Crippen molar-refractivity contribution in [2.75, 3.05) is 13.1 Å². The molecule has 0 atom stereocenters. The molecule has 1 saturated carbocycles. The van der Waals surface area contributed by atoms with Crippen LogP contribution in [0.3, 0.4) is 0 Å². The van der Waals surface area contributed by atoms with E-state index in [1.54, 1.807) is 6.20 Å². The lowest BCUT2D eigenvalue weighted by atomic mass is 9.96. The Bertz CT molecular complexity index is 740. The molecule has 2 amide bonds. The molecule has 26 heavy (non-hydrogen) atoms. The van der Waals surface area contributed by atoms with Gasteiger partial charge in [-0.05, 0) is 39.5 Å². The number of urea groups is 1. The van der Waals surface area contributed by atoms with Crippen LogP contribution in [0.15, 0.2) is 18.7 Å². The van der Waals surface area contributed by atoms with Gasteiger partial charge in [0.05, 0.1) is 12.9 Å². The molecular formula is C18H27N7O. The van der Waals surface area contributed by atoms with E-state index in [1.807, 2.05) is 35.8 Å². The number of nitrogens with zero attached hydrogens (tertiary/aromatic N) is 6. The highest BCUT2D eigenvalue weighted by molar-refractivity contribution is 5.74. The Hall–Kier alpha value is -2.38. The SMILES string of the molecule is CC(C)NC(=O)N1CCC(c2nnc(Cn3ccnc3)n2C2CC2)CC1. The van der Waals surface area contributed by atoms with E-state index in [0.29, 0.717) is 18.5 Å². The summed E-state index contributed by atoms with van der Waals surface area (Å²) < 4.78 is 4.39. The van der Waals surface area contributed by atoms with Crippen molar-refractivity contribution in [3.8, 4) is 0 Å². The first kappa shape index (κ1) is 17.1. The predicted molar refractivity (Wildman–Crippen MR) is 96.8 cm³/mol. The Morgan fingerprint density at radius 1 is 1.23 bits per heavy atom. The standard InChI is InChI=1S/C18H27N7O/c1-13(2)20-18(26)24-8-5-14(6-9-24)17-22-21-16(25(17)15-3-4-15)11-23-10-7-19-12-23/h7,10,12-15H,3-6,8-9,11H2,1-2H3,(H,20,26). The van der Waals surface area contributed by atoms with Gasteiger partial charge in [-0.15, -0.1) is 10.2 Å². The fraction of sp³-hybridized carbons (Fsp3) is 0.667. The molecule has 2 aliphatic rings. The number of hydrogen-bond donors (Lipinski definition) is 1. The summed E-state index contributed by atoms with van der Waals surface area (Å²) in [4.78, 5) is 18.2. The highest BCUT2D eigenvalue weighted by Crippen LogP contribution is 2.39. The number of aromatic nitrogens is 5. The molecule has 1 aliphatic carbocycles. The third-order valence-corrected chi connectivity index (χ3v) is 5.15. The molecule has 0 bridgehead atoms. The lowest BCUT2D eigenvalue weighted by Crippen LogP contribution is -2.46. The number of piperidine rings is 1. The summed E-state index contributed by atoms with van der Waals surface area (Å²) in [5.74, 6) is 2.50. The van der Waals surface area contributed by atoms with Gasteiger partial charge in [0.15, 0.2) is 5.82 Å². The normalized spacial score (nSPS) is 18.5. The van der Waals surface area contributed by atoms with Crippen molar-refractivity contribution < 1.29 is 4.79 Å². The molecule has 4 rings (SSSR count). The smallest absolute Gasteiger partial charge is 0.317 e. The lowest BCUT2D eigenvalue weighted by Gasteiger charge is -2.32. The molecule has 1 N–H and O–H groups in total. The fourth-order valence-corrected chi connectivity index (χ4v) is 3.68.